The van der Waals surface area contributed by atoms with Gasteiger partial charge in [0, 0.05) is 4.11 Å². The molecule has 0 amide bonds. The third-order valence-corrected chi connectivity index (χ3v) is 0.688. The summed E-state index contributed by atoms with van der Waals surface area (Å²) in [6.07, 6.45) is 0. The van der Waals surface area contributed by atoms with E-state index in [1.807, 2.05) is 0 Å². The summed E-state index contributed by atoms with van der Waals surface area (Å²) in [5, 5.41) is 0. The minimum atomic E-state index is -2.72. The fourth-order valence-corrected chi connectivity index (χ4v) is 0.251. The zero-order chi connectivity index (χ0) is 9.28. The van der Waals surface area contributed by atoms with Crippen LogP contribution in [0.4, 0.5) is 0 Å². The third-order valence-electron chi connectivity index (χ3n) is 0.365. The molecule has 0 aromatic heterocycles. The Balaban J connectivity index is 4.59. The summed E-state index contributed by atoms with van der Waals surface area (Å²) in [4.78, 5) is 8.31. The Bertz CT molecular complexity index is 164. The van der Waals surface area contributed by atoms with Crippen LogP contribution in [0.5, 0.6) is 0 Å². The second-order valence-corrected chi connectivity index (χ2v) is 1.60. The lowest BCUT2D eigenvalue weighted by atomic mass is 10.5. The minimum absolute atomic E-state index is 1.03. The molecule has 0 bridgehead atoms. The lowest BCUT2D eigenvalue weighted by Crippen LogP contribution is -2.10. The van der Waals surface area contributed by atoms with Gasteiger partial charge in [0.2, 0.25) is 0 Å². The molecule has 0 saturated carbocycles. The van der Waals surface area contributed by atoms with Gasteiger partial charge in [-0.25, -0.2) is 0 Å². The first-order valence-electron chi connectivity index (χ1n) is 3.51. The molecule has 1 atom stereocenters. The Labute approximate surface area is 56.6 Å². The van der Waals surface area contributed by atoms with Gasteiger partial charge in [0.15, 0.2) is 0 Å². The van der Waals surface area contributed by atoms with Crippen molar-refractivity contribution in [3.63, 3.8) is 0 Å². The maximum absolute atomic E-state index is 10.7. The van der Waals surface area contributed by atoms with Gasteiger partial charge in [-0.2, -0.15) is 0 Å². The Morgan fingerprint density at radius 3 is 3.00 bits per heavy atom. The van der Waals surface area contributed by atoms with Crippen molar-refractivity contribution >= 4 is 21.9 Å². The Morgan fingerprint density at radius 1 is 2.29 bits per heavy atom. The maximum atomic E-state index is 10.7. The molecule has 0 N–H and O–H groups in total. The Kier molecular flexibility index (Phi) is 1.07. The molecule has 0 heterocycles. The first-order valence-corrected chi connectivity index (χ1v) is 2.30. The average Bonchev–Trinajstić information content (AvgIpc) is 1.83. The monoisotopic (exact) mass is 170 g/mol. The molecule has 2 nitrogen and oxygen atoms in total. The quantitative estimate of drug-likeness (QED) is 0.433. The number of halogens is 1. The number of hydrogen-bond acceptors (Lipinski definition) is 2. The molecule has 1 unspecified atom stereocenters. The van der Waals surface area contributed by atoms with Gasteiger partial charge in [0.05, 0.1) is 8.48 Å². The molecule has 42 valence electrons. The van der Waals surface area contributed by atoms with Crippen LogP contribution in [0.3, 0.4) is 0 Å². The second-order valence-electron chi connectivity index (χ2n) is 0.806. The molecule has 0 aromatic rings. The van der Waals surface area contributed by atoms with Crippen LogP contribution >= 0.6 is 15.9 Å². The highest BCUT2D eigenvalue weighted by atomic mass is 79.9. The van der Waals surface area contributed by atoms with Gasteiger partial charge in [-0.3, -0.25) is 4.79 Å². The molecule has 0 saturated heterocycles. The molecule has 0 aliphatic carbocycles. The van der Waals surface area contributed by atoms with Crippen molar-refractivity contribution in [2.75, 3.05) is 7.11 Å². The summed E-state index contributed by atoms with van der Waals surface area (Å²) in [6.45, 7) is -2.72. The number of methoxy groups -OCH3 is 1. The van der Waals surface area contributed by atoms with Crippen molar-refractivity contribution < 1.29 is 15.0 Å². The lowest BCUT2D eigenvalue weighted by molar-refractivity contribution is -0.139. The summed E-state index contributed by atoms with van der Waals surface area (Å²) < 4.78 is 31.5. The summed E-state index contributed by atoms with van der Waals surface area (Å²) in [5.41, 5.74) is 0. The number of hydrogen-bond donors (Lipinski definition) is 0. The molecule has 0 aromatic carbocycles. The molecule has 0 aliphatic rings. The molecule has 0 fully saturated rings. The maximum Gasteiger partial charge on any atom is 0.319 e. The smallest absolute Gasteiger partial charge is 0.319 e. The summed E-state index contributed by atoms with van der Waals surface area (Å²) in [5.74, 6) is -1.13. The van der Waals surface area contributed by atoms with E-state index in [2.05, 4.69) is 20.7 Å². The van der Waals surface area contributed by atoms with Gasteiger partial charge in [-0.1, -0.05) is 15.9 Å². The van der Waals surface area contributed by atoms with Crippen LogP contribution in [0, 0.1) is 0 Å². The van der Waals surface area contributed by atoms with Crippen molar-refractivity contribution in [3.05, 3.63) is 0 Å². The van der Waals surface area contributed by atoms with Crippen LogP contribution in [0.25, 0.3) is 0 Å². The standard InChI is InChI=1S/C4H7BrO2/c1-3(5)4(6)7-2/h3H,1-2H3/i1D3,3D. The van der Waals surface area contributed by atoms with E-state index in [1.54, 1.807) is 0 Å². The highest BCUT2D eigenvalue weighted by Crippen LogP contribution is 1.97. The van der Waals surface area contributed by atoms with Crippen molar-refractivity contribution in [1.82, 2.24) is 0 Å². The van der Waals surface area contributed by atoms with E-state index in [0.717, 1.165) is 7.11 Å². The van der Waals surface area contributed by atoms with Gasteiger partial charge in [-0.15, -0.1) is 0 Å². The van der Waals surface area contributed by atoms with E-state index in [-0.39, 0.29) is 0 Å². The van der Waals surface area contributed by atoms with Gasteiger partial charge in [0.25, 0.3) is 0 Å². The van der Waals surface area contributed by atoms with E-state index >= 15 is 0 Å². The minimum Gasteiger partial charge on any atom is -0.468 e. The fourth-order valence-electron chi connectivity index (χ4n) is 0.0896. The largest absolute Gasteiger partial charge is 0.468 e. The predicted molar refractivity (Wildman–Crippen MR) is 30.4 cm³/mol. The van der Waals surface area contributed by atoms with Crippen LogP contribution in [-0.4, -0.2) is 17.9 Å². The van der Waals surface area contributed by atoms with Crippen LogP contribution in [0.2, 0.25) is 0 Å². The third kappa shape index (κ3) is 2.62. The van der Waals surface area contributed by atoms with E-state index in [0.29, 0.717) is 0 Å². The van der Waals surface area contributed by atoms with Crippen molar-refractivity contribution in [1.29, 1.82) is 0 Å². The van der Waals surface area contributed by atoms with Crippen LogP contribution in [0.1, 0.15) is 12.3 Å². The van der Waals surface area contributed by atoms with Crippen molar-refractivity contribution in [2.24, 2.45) is 0 Å². The van der Waals surface area contributed by atoms with E-state index < -0.39 is 17.6 Å². The Hall–Kier alpha value is -0.0500. The second kappa shape index (κ2) is 3.02. The number of esters is 1. The zero-order valence-electron chi connectivity index (χ0n) is 7.69. The Morgan fingerprint density at radius 2 is 2.86 bits per heavy atom. The normalized spacial score (nSPS) is 27.7. The SMILES string of the molecule is [2H]C([2H])([2H])C([2H])(Br)C(=O)OC. The molecule has 0 radical (unpaired) electrons. The predicted octanol–water partition coefficient (Wildman–Crippen LogP) is 0.943. The van der Waals surface area contributed by atoms with Gasteiger partial charge in [0.1, 0.15) is 4.80 Å². The van der Waals surface area contributed by atoms with Gasteiger partial charge >= 0.3 is 5.97 Å². The van der Waals surface area contributed by atoms with Crippen LogP contribution < -0.4 is 0 Å². The topological polar surface area (TPSA) is 26.3 Å². The number of carbonyl (C=O) groups excluding carboxylic acids is 1. The summed E-state index contributed by atoms with van der Waals surface area (Å²) in [6, 6.07) is 0. The van der Waals surface area contributed by atoms with Gasteiger partial charge in [-0.05, 0) is 6.85 Å². The number of rotatable bonds is 1. The van der Waals surface area contributed by atoms with Gasteiger partial charge < -0.3 is 4.74 Å². The van der Waals surface area contributed by atoms with E-state index in [1.165, 1.54) is 0 Å². The molecular formula is C4H7BrO2. The summed E-state index contributed by atoms with van der Waals surface area (Å²) >= 11 is 2.46. The molecule has 0 aliphatic heterocycles. The van der Waals surface area contributed by atoms with Crippen molar-refractivity contribution in [3.8, 4) is 0 Å². The zero-order valence-corrected chi connectivity index (χ0v) is 5.28. The number of ether oxygens (including phenoxy) is 1. The van der Waals surface area contributed by atoms with E-state index in [4.69, 9.17) is 5.48 Å². The number of carbonyl (C=O) groups is 1. The highest BCUT2D eigenvalue weighted by Gasteiger charge is 2.05. The molecule has 7 heavy (non-hydrogen) atoms. The summed E-state index contributed by atoms with van der Waals surface area (Å²) in [7, 11) is 1.03. The average molecular weight is 171 g/mol. The fraction of sp³-hybridized carbons (Fsp3) is 0.750. The first kappa shape index (κ1) is 2.49. The van der Waals surface area contributed by atoms with Crippen LogP contribution in [0.15, 0.2) is 0 Å². The first-order chi connectivity index (χ1) is 4.73. The molecular weight excluding hydrogens is 160 g/mol. The van der Waals surface area contributed by atoms with E-state index in [9.17, 15) is 4.79 Å². The van der Waals surface area contributed by atoms with Crippen molar-refractivity contribution in [2.45, 2.75) is 11.7 Å². The molecule has 3 heteroatoms. The molecule has 0 rings (SSSR count). The lowest BCUT2D eigenvalue weighted by Gasteiger charge is -1.96. The highest BCUT2D eigenvalue weighted by molar-refractivity contribution is 9.10. The molecule has 0 spiro atoms. The number of alkyl halides is 1. The van der Waals surface area contributed by atoms with Crippen LogP contribution in [-0.2, 0) is 9.53 Å².